The first-order valence-corrected chi connectivity index (χ1v) is 12.6. The summed E-state index contributed by atoms with van der Waals surface area (Å²) in [5.41, 5.74) is 0.510. The number of halogens is 1. The molecule has 178 valence electrons. The van der Waals surface area contributed by atoms with Crippen molar-refractivity contribution in [1.82, 2.24) is 4.90 Å². The molecule has 8 nitrogen and oxygen atoms in total. The van der Waals surface area contributed by atoms with Crippen molar-refractivity contribution in [3.63, 3.8) is 0 Å². The Bertz CT molecular complexity index is 1100. The number of esters is 1. The lowest BCUT2D eigenvalue weighted by Crippen LogP contribution is -2.42. The van der Waals surface area contributed by atoms with Gasteiger partial charge in [0.2, 0.25) is 0 Å². The van der Waals surface area contributed by atoms with Crippen LogP contribution in [0.5, 0.6) is 5.75 Å². The predicted octanol–water partition coefficient (Wildman–Crippen LogP) is 3.95. The number of piperidine rings is 1. The van der Waals surface area contributed by atoms with Crippen LogP contribution >= 0.6 is 11.6 Å². The molecule has 0 aromatic heterocycles. The molecule has 1 aliphatic rings. The number of hydrogen-bond acceptors (Lipinski definition) is 6. The van der Waals surface area contributed by atoms with Crippen LogP contribution in [0.15, 0.2) is 47.4 Å². The second kappa shape index (κ2) is 10.9. The average molecular weight is 495 g/mol. The third kappa shape index (κ3) is 6.17. The molecule has 33 heavy (non-hydrogen) atoms. The average Bonchev–Trinajstić information content (AvgIpc) is 2.80. The van der Waals surface area contributed by atoms with Crippen LogP contribution in [0.1, 0.15) is 37.0 Å². The summed E-state index contributed by atoms with van der Waals surface area (Å²) in [4.78, 5) is 26.5. The van der Waals surface area contributed by atoms with Gasteiger partial charge in [-0.1, -0.05) is 11.6 Å². The van der Waals surface area contributed by atoms with E-state index in [9.17, 15) is 18.0 Å². The molecule has 1 heterocycles. The molecule has 3 rings (SSSR count). The lowest BCUT2D eigenvalue weighted by atomic mass is 9.97. The highest BCUT2D eigenvalue weighted by Gasteiger charge is 2.30. The Morgan fingerprint density at radius 1 is 1.12 bits per heavy atom. The summed E-state index contributed by atoms with van der Waals surface area (Å²) in [5, 5.41) is -0.00645. The maximum atomic E-state index is 13.1. The number of benzene rings is 2. The van der Waals surface area contributed by atoms with E-state index in [-0.39, 0.29) is 46.4 Å². The Balaban J connectivity index is 1.79. The van der Waals surface area contributed by atoms with E-state index in [4.69, 9.17) is 21.1 Å². The third-order valence-corrected chi connectivity index (χ3v) is 7.08. The number of nitrogens with one attached hydrogen (secondary N) is 1. The van der Waals surface area contributed by atoms with Crippen molar-refractivity contribution in [3.05, 3.63) is 53.1 Å². The number of sulfonamides is 1. The lowest BCUT2D eigenvalue weighted by molar-refractivity contribution is -0.149. The van der Waals surface area contributed by atoms with Gasteiger partial charge in [-0.3, -0.25) is 14.3 Å². The number of carbonyl (C=O) groups is 2. The minimum Gasteiger partial charge on any atom is -0.494 e. The highest BCUT2D eigenvalue weighted by Crippen LogP contribution is 2.27. The van der Waals surface area contributed by atoms with Crippen LogP contribution in [0.2, 0.25) is 5.02 Å². The maximum Gasteiger partial charge on any atom is 0.310 e. The first kappa shape index (κ1) is 24.9. The summed E-state index contributed by atoms with van der Waals surface area (Å²) in [6.07, 6.45) is 1.31. The summed E-state index contributed by atoms with van der Waals surface area (Å²) in [6, 6.07) is 10.6. The lowest BCUT2D eigenvalue weighted by Gasteiger charge is -2.31. The minimum absolute atomic E-state index is 0.00645. The molecule has 0 bridgehead atoms. The smallest absolute Gasteiger partial charge is 0.310 e. The van der Waals surface area contributed by atoms with Gasteiger partial charge in [0, 0.05) is 24.3 Å². The van der Waals surface area contributed by atoms with Crippen molar-refractivity contribution in [3.8, 4) is 5.75 Å². The van der Waals surface area contributed by atoms with E-state index in [2.05, 4.69) is 4.72 Å². The topological polar surface area (TPSA) is 102 Å². The normalized spacial score (nSPS) is 16.2. The second-order valence-corrected chi connectivity index (χ2v) is 9.61. The first-order valence-electron chi connectivity index (χ1n) is 10.8. The zero-order valence-corrected chi connectivity index (χ0v) is 20.1. The van der Waals surface area contributed by atoms with Gasteiger partial charge in [-0.15, -0.1) is 0 Å². The van der Waals surface area contributed by atoms with Gasteiger partial charge in [0.25, 0.3) is 15.9 Å². The van der Waals surface area contributed by atoms with Crippen molar-refractivity contribution in [1.29, 1.82) is 0 Å². The zero-order valence-electron chi connectivity index (χ0n) is 18.5. The fourth-order valence-corrected chi connectivity index (χ4v) is 5.22. The van der Waals surface area contributed by atoms with E-state index in [1.807, 2.05) is 6.92 Å². The maximum absolute atomic E-state index is 13.1. The van der Waals surface area contributed by atoms with Gasteiger partial charge in [0.05, 0.1) is 24.2 Å². The predicted molar refractivity (Wildman–Crippen MR) is 125 cm³/mol. The van der Waals surface area contributed by atoms with E-state index < -0.39 is 10.0 Å². The summed E-state index contributed by atoms with van der Waals surface area (Å²) in [5.74, 6) is -0.458. The van der Waals surface area contributed by atoms with Crippen molar-refractivity contribution >= 4 is 39.2 Å². The molecule has 1 saturated heterocycles. The van der Waals surface area contributed by atoms with Crippen LogP contribution in [-0.2, 0) is 19.6 Å². The molecule has 0 radical (unpaired) electrons. The fraction of sp³-hybridized carbons (Fsp3) is 0.391. The highest BCUT2D eigenvalue weighted by molar-refractivity contribution is 7.92. The molecule has 2 aromatic rings. The summed E-state index contributed by atoms with van der Waals surface area (Å²) < 4.78 is 38.9. The molecule has 0 saturated carbocycles. The van der Waals surface area contributed by atoms with E-state index in [0.717, 1.165) is 0 Å². The molecular formula is C23H27ClN2O6S. The molecular weight excluding hydrogens is 468 g/mol. The van der Waals surface area contributed by atoms with Gasteiger partial charge in [0.15, 0.2) is 0 Å². The van der Waals surface area contributed by atoms with Crippen LogP contribution < -0.4 is 9.46 Å². The van der Waals surface area contributed by atoms with Crippen molar-refractivity contribution in [2.75, 3.05) is 31.0 Å². The summed E-state index contributed by atoms with van der Waals surface area (Å²) >= 11 is 6.18. The standard InChI is InChI=1S/C23H27ClN2O6S/c1-3-31-19-10-8-18(9-11-19)25-33(29,30)21-14-16(7-12-20(21)24)22(27)26-13-5-6-17(15-26)23(28)32-4-2/h7-12,14,17,25H,3-6,13,15H2,1-2H3. The van der Waals surface area contributed by atoms with Crippen LogP contribution in [0.3, 0.4) is 0 Å². The highest BCUT2D eigenvalue weighted by atomic mass is 35.5. The number of nitrogens with zero attached hydrogens (tertiary/aromatic N) is 1. The molecule has 1 amide bonds. The van der Waals surface area contributed by atoms with Crippen LogP contribution in [-0.4, -0.2) is 51.5 Å². The molecule has 2 aromatic carbocycles. The van der Waals surface area contributed by atoms with Gasteiger partial charge in [-0.25, -0.2) is 8.42 Å². The monoisotopic (exact) mass is 494 g/mol. The van der Waals surface area contributed by atoms with Crippen molar-refractivity contribution in [2.45, 2.75) is 31.6 Å². The Hall–Kier alpha value is -2.78. The first-order chi connectivity index (χ1) is 15.7. The molecule has 0 aliphatic carbocycles. The summed E-state index contributed by atoms with van der Waals surface area (Å²) in [7, 11) is -4.06. The van der Waals surface area contributed by atoms with E-state index in [1.165, 1.54) is 18.2 Å². The molecule has 1 atom stereocenters. The van der Waals surface area contributed by atoms with Gasteiger partial charge in [-0.2, -0.15) is 0 Å². The van der Waals surface area contributed by atoms with Gasteiger partial charge in [0.1, 0.15) is 10.6 Å². The van der Waals surface area contributed by atoms with E-state index in [1.54, 1.807) is 36.1 Å². The van der Waals surface area contributed by atoms with Crippen LogP contribution in [0, 0.1) is 5.92 Å². The number of amides is 1. The van der Waals surface area contributed by atoms with E-state index in [0.29, 0.717) is 37.4 Å². The Labute approximate surface area is 198 Å². The SMILES string of the molecule is CCOC(=O)C1CCCN(C(=O)c2ccc(Cl)c(S(=O)(=O)Nc3ccc(OCC)cc3)c2)C1. The van der Waals surface area contributed by atoms with Crippen LogP contribution in [0.4, 0.5) is 5.69 Å². The minimum atomic E-state index is -4.06. The number of anilines is 1. The molecule has 1 unspecified atom stereocenters. The third-order valence-electron chi connectivity index (χ3n) is 5.21. The Morgan fingerprint density at radius 3 is 2.52 bits per heavy atom. The molecule has 1 aliphatic heterocycles. The Kier molecular flexibility index (Phi) is 8.20. The molecule has 1 N–H and O–H groups in total. The summed E-state index contributed by atoms with van der Waals surface area (Å²) in [6.45, 7) is 5.08. The number of likely N-dealkylation sites (tertiary alicyclic amines) is 1. The van der Waals surface area contributed by atoms with E-state index >= 15 is 0 Å². The van der Waals surface area contributed by atoms with Gasteiger partial charge in [-0.05, 0) is 69.2 Å². The Morgan fingerprint density at radius 2 is 1.85 bits per heavy atom. The molecule has 0 spiro atoms. The molecule has 1 fully saturated rings. The quantitative estimate of drug-likeness (QED) is 0.557. The van der Waals surface area contributed by atoms with Crippen molar-refractivity contribution < 1.29 is 27.5 Å². The van der Waals surface area contributed by atoms with Crippen LogP contribution in [0.25, 0.3) is 0 Å². The molecule has 10 heteroatoms. The fourth-order valence-electron chi connectivity index (χ4n) is 3.64. The zero-order chi connectivity index (χ0) is 24.0. The van der Waals surface area contributed by atoms with Crippen molar-refractivity contribution in [2.24, 2.45) is 5.92 Å². The number of rotatable bonds is 8. The largest absolute Gasteiger partial charge is 0.494 e. The number of hydrogen-bond donors (Lipinski definition) is 1. The number of ether oxygens (including phenoxy) is 2. The van der Waals surface area contributed by atoms with Gasteiger partial charge >= 0.3 is 5.97 Å². The number of carbonyl (C=O) groups excluding carboxylic acids is 2. The second-order valence-electron chi connectivity index (χ2n) is 7.55. The van der Waals surface area contributed by atoms with Gasteiger partial charge < -0.3 is 14.4 Å².